The second kappa shape index (κ2) is 14.2. The van der Waals surface area contributed by atoms with E-state index >= 15 is 0 Å². The molecule has 238 valence electrons. The summed E-state index contributed by atoms with van der Waals surface area (Å²) < 4.78 is 25.9. The third kappa shape index (κ3) is 8.04. The average molecular weight is 623 g/mol. The van der Waals surface area contributed by atoms with Gasteiger partial charge in [-0.1, -0.05) is 6.42 Å². The molecular formula is C33H46N6O4S. The molecule has 0 spiro atoms. The number of amides is 2. The molecule has 1 aliphatic heterocycles. The van der Waals surface area contributed by atoms with Crippen molar-refractivity contribution in [3.63, 3.8) is 0 Å². The summed E-state index contributed by atoms with van der Waals surface area (Å²) in [5.41, 5.74) is 3.00. The number of hydrogen-bond donors (Lipinski definition) is 2. The van der Waals surface area contributed by atoms with Gasteiger partial charge in [-0.25, -0.2) is 13.4 Å². The van der Waals surface area contributed by atoms with Crippen LogP contribution in [-0.4, -0.2) is 71.6 Å². The highest BCUT2D eigenvalue weighted by molar-refractivity contribution is 7.90. The molecule has 1 aromatic carbocycles. The molecule has 11 heteroatoms. The Balaban J connectivity index is 1.35. The monoisotopic (exact) mass is 622 g/mol. The van der Waals surface area contributed by atoms with Crippen LogP contribution in [0.15, 0.2) is 41.4 Å². The number of sulfone groups is 1. The molecule has 1 saturated carbocycles. The van der Waals surface area contributed by atoms with Gasteiger partial charge in [0.15, 0.2) is 9.84 Å². The molecule has 2 aliphatic rings. The summed E-state index contributed by atoms with van der Waals surface area (Å²) in [7, 11) is -3.36. The van der Waals surface area contributed by atoms with Crippen LogP contribution in [0, 0.1) is 5.92 Å². The van der Waals surface area contributed by atoms with Crippen LogP contribution in [0.2, 0.25) is 0 Å². The van der Waals surface area contributed by atoms with E-state index in [1.165, 1.54) is 56.6 Å². The molecule has 2 aromatic heterocycles. The molecule has 44 heavy (non-hydrogen) atoms. The second-order valence-electron chi connectivity index (χ2n) is 12.7. The summed E-state index contributed by atoms with van der Waals surface area (Å²) in [5, 5.41) is 6.04. The van der Waals surface area contributed by atoms with E-state index in [1.807, 2.05) is 13.8 Å². The molecule has 2 fully saturated rings. The van der Waals surface area contributed by atoms with E-state index in [-0.39, 0.29) is 34.7 Å². The van der Waals surface area contributed by atoms with Crippen LogP contribution in [0.3, 0.4) is 0 Å². The van der Waals surface area contributed by atoms with E-state index in [2.05, 4.69) is 26.2 Å². The smallest absolute Gasteiger partial charge is 0.257 e. The van der Waals surface area contributed by atoms with Crippen LogP contribution in [0.25, 0.3) is 11.0 Å². The Kier molecular flexibility index (Phi) is 10.4. The van der Waals surface area contributed by atoms with Crippen molar-refractivity contribution in [2.75, 3.05) is 31.2 Å². The lowest BCUT2D eigenvalue weighted by molar-refractivity contribution is -0.126. The van der Waals surface area contributed by atoms with Gasteiger partial charge < -0.3 is 14.8 Å². The molecule has 1 saturated heterocycles. The molecule has 2 N–H and O–H groups in total. The Bertz CT molecular complexity index is 1550. The Morgan fingerprint density at radius 2 is 1.70 bits per heavy atom. The number of anilines is 1. The van der Waals surface area contributed by atoms with Crippen LogP contribution in [0.4, 0.5) is 5.95 Å². The number of aryl methyl sites for hydroxylation is 1. The zero-order valence-corrected chi connectivity index (χ0v) is 27.0. The molecule has 10 nitrogen and oxygen atoms in total. The molecule has 0 atom stereocenters. The lowest BCUT2D eigenvalue weighted by atomic mass is 9.85. The maximum atomic E-state index is 13.3. The van der Waals surface area contributed by atoms with Gasteiger partial charge in [-0.15, -0.1) is 0 Å². The maximum Gasteiger partial charge on any atom is 0.257 e. The minimum absolute atomic E-state index is 0.0213. The third-order valence-electron chi connectivity index (χ3n) is 8.87. The van der Waals surface area contributed by atoms with Crippen molar-refractivity contribution in [1.82, 2.24) is 24.8 Å². The highest BCUT2D eigenvalue weighted by Crippen LogP contribution is 2.37. The first-order chi connectivity index (χ1) is 21.1. The Labute approximate surface area is 260 Å². The Hall–Kier alpha value is -3.31. The number of pyridine rings is 1. The maximum absolute atomic E-state index is 13.3. The van der Waals surface area contributed by atoms with Crippen LogP contribution in [0.5, 0.6) is 0 Å². The highest BCUT2D eigenvalue weighted by atomic mass is 32.2. The summed E-state index contributed by atoms with van der Waals surface area (Å²) in [6, 6.07) is 8.20. The zero-order chi connectivity index (χ0) is 31.3. The number of fused-ring (bicyclic) bond motifs is 1. The SMILES string of the molecule is CC(C)NC(=O)C1CCC(n2c(NC(=O)c3ccc(S(C)(=O)=O)cc3)nc3cnc(CCCCN4CCCCC4)cc32)CC1. The number of nitrogens with zero attached hydrogens (tertiary/aromatic N) is 4. The van der Waals surface area contributed by atoms with Crippen molar-refractivity contribution >= 4 is 38.6 Å². The molecule has 0 radical (unpaired) electrons. The fraction of sp³-hybridized carbons (Fsp3) is 0.576. The molecule has 1 aliphatic carbocycles. The highest BCUT2D eigenvalue weighted by Gasteiger charge is 2.30. The lowest BCUT2D eigenvalue weighted by Crippen LogP contribution is -2.37. The van der Waals surface area contributed by atoms with Crippen molar-refractivity contribution in [2.45, 2.75) is 95.0 Å². The molecular weight excluding hydrogens is 576 g/mol. The second-order valence-corrected chi connectivity index (χ2v) is 14.8. The Morgan fingerprint density at radius 3 is 2.36 bits per heavy atom. The Morgan fingerprint density at radius 1 is 1.00 bits per heavy atom. The van der Waals surface area contributed by atoms with Crippen LogP contribution in [-0.2, 0) is 21.1 Å². The van der Waals surface area contributed by atoms with E-state index in [9.17, 15) is 18.0 Å². The number of benzene rings is 1. The summed E-state index contributed by atoms with van der Waals surface area (Å²) in [5.74, 6) is 0.164. The minimum atomic E-state index is -3.36. The number of hydrogen-bond acceptors (Lipinski definition) is 7. The van der Waals surface area contributed by atoms with Crippen molar-refractivity contribution in [3.8, 4) is 0 Å². The van der Waals surface area contributed by atoms with Gasteiger partial charge in [0, 0.05) is 35.5 Å². The summed E-state index contributed by atoms with van der Waals surface area (Å²) in [4.78, 5) is 38.2. The van der Waals surface area contributed by atoms with Crippen LogP contribution >= 0.6 is 0 Å². The number of imidazole rings is 1. The molecule has 2 amide bonds. The first-order valence-corrected chi connectivity index (χ1v) is 18.0. The fourth-order valence-electron chi connectivity index (χ4n) is 6.49. The van der Waals surface area contributed by atoms with Gasteiger partial charge in [-0.2, -0.15) is 0 Å². The normalized spacial score (nSPS) is 19.7. The van der Waals surface area contributed by atoms with Crippen molar-refractivity contribution in [2.24, 2.45) is 5.92 Å². The number of nitrogens with one attached hydrogen (secondary N) is 2. The number of aromatic nitrogens is 3. The summed E-state index contributed by atoms with van der Waals surface area (Å²) in [6.45, 7) is 7.51. The summed E-state index contributed by atoms with van der Waals surface area (Å²) in [6.07, 6.45) is 13.1. The fourth-order valence-corrected chi connectivity index (χ4v) is 7.12. The van der Waals surface area contributed by atoms with Gasteiger partial charge >= 0.3 is 0 Å². The van der Waals surface area contributed by atoms with E-state index in [0.717, 1.165) is 69.0 Å². The first-order valence-electron chi connectivity index (χ1n) is 16.1. The number of carbonyl (C=O) groups excluding carboxylic acids is 2. The van der Waals surface area contributed by atoms with Crippen molar-refractivity contribution in [1.29, 1.82) is 0 Å². The molecule has 3 aromatic rings. The number of likely N-dealkylation sites (tertiary alicyclic amines) is 1. The van der Waals surface area contributed by atoms with E-state index < -0.39 is 9.84 Å². The standard InChI is InChI=1S/C33H46N6O4S/c1-23(2)35-31(40)24-10-14-27(15-11-24)39-30-21-26(9-5-8-20-38-18-6-4-7-19-38)34-22-29(30)36-33(39)37-32(41)25-12-16-28(17-13-25)44(3,42)43/h12-13,16-17,21-24,27H,4-11,14-15,18-20H2,1-3H3,(H,35,40)(H,36,37,41). The van der Waals surface area contributed by atoms with E-state index in [0.29, 0.717) is 17.0 Å². The zero-order valence-electron chi connectivity index (χ0n) is 26.2. The van der Waals surface area contributed by atoms with Gasteiger partial charge in [-0.3, -0.25) is 19.9 Å². The predicted octanol–water partition coefficient (Wildman–Crippen LogP) is 5.15. The summed E-state index contributed by atoms with van der Waals surface area (Å²) >= 11 is 0. The number of piperidine rings is 1. The molecule has 3 heterocycles. The van der Waals surface area contributed by atoms with Gasteiger partial charge in [-0.05, 0) is 122 Å². The quantitative estimate of drug-likeness (QED) is 0.283. The molecule has 5 rings (SSSR count). The minimum Gasteiger partial charge on any atom is -0.354 e. The van der Waals surface area contributed by atoms with Crippen LogP contribution < -0.4 is 10.6 Å². The van der Waals surface area contributed by atoms with Crippen LogP contribution in [0.1, 0.15) is 93.7 Å². The van der Waals surface area contributed by atoms with Crippen molar-refractivity contribution < 1.29 is 18.0 Å². The van der Waals surface area contributed by atoms with Gasteiger partial charge in [0.25, 0.3) is 5.91 Å². The topological polar surface area (TPSA) is 126 Å². The predicted molar refractivity (Wildman–Crippen MR) is 173 cm³/mol. The largest absolute Gasteiger partial charge is 0.354 e. The number of carbonyl (C=O) groups is 2. The van der Waals surface area contributed by atoms with Gasteiger partial charge in [0.1, 0.15) is 5.52 Å². The van der Waals surface area contributed by atoms with E-state index in [1.54, 1.807) is 6.20 Å². The van der Waals surface area contributed by atoms with Gasteiger partial charge in [0.2, 0.25) is 11.9 Å². The van der Waals surface area contributed by atoms with Crippen molar-refractivity contribution in [3.05, 3.63) is 47.8 Å². The third-order valence-corrected chi connectivity index (χ3v) is 10.0. The first kappa shape index (κ1) is 32.1. The number of unbranched alkanes of at least 4 members (excludes halogenated alkanes) is 1. The molecule has 0 unspecified atom stereocenters. The lowest BCUT2D eigenvalue weighted by Gasteiger charge is -2.30. The molecule has 0 bridgehead atoms. The average Bonchev–Trinajstić information content (AvgIpc) is 3.36. The van der Waals surface area contributed by atoms with Gasteiger partial charge in [0.05, 0.1) is 16.6 Å². The van der Waals surface area contributed by atoms with E-state index in [4.69, 9.17) is 9.97 Å². The number of rotatable bonds is 11.